The van der Waals surface area contributed by atoms with Gasteiger partial charge in [-0.2, -0.15) is 5.10 Å². The lowest BCUT2D eigenvalue weighted by atomic mass is 9.98. The molecule has 106 valence electrons. The average Bonchev–Trinajstić information content (AvgIpc) is 2.61. The number of carbonyl (C=O) groups excluding carboxylic acids is 1. The van der Waals surface area contributed by atoms with Crippen molar-refractivity contribution in [1.82, 2.24) is 9.78 Å². The number of halogens is 1. The van der Waals surface area contributed by atoms with Crippen molar-refractivity contribution in [3.8, 4) is 0 Å². The van der Waals surface area contributed by atoms with Crippen LogP contribution in [0, 0.1) is 26.6 Å². The Hall–Kier alpha value is -1.97. The predicted octanol–water partition coefficient (Wildman–Crippen LogP) is 2.84. The highest BCUT2D eigenvalue weighted by Gasteiger charge is 2.14. The summed E-state index contributed by atoms with van der Waals surface area (Å²) in [7, 11) is 1.87. The Kier molecular flexibility index (Phi) is 4.02. The quantitative estimate of drug-likeness (QED) is 0.859. The summed E-state index contributed by atoms with van der Waals surface area (Å²) in [5, 5.41) is 4.31. The van der Waals surface area contributed by atoms with Gasteiger partial charge in [0.05, 0.1) is 5.69 Å². The summed E-state index contributed by atoms with van der Waals surface area (Å²) in [5.41, 5.74) is 4.57. The average molecular weight is 274 g/mol. The van der Waals surface area contributed by atoms with Crippen LogP contribution < -0.4 is 0 Å². The molecule has 0 radical (unpaired) electrons. The van der Waals surface area contributed by atoms with Crippen LogP contribution in [0.25, 0.3) is 0 Å². The number of nitrogens with zero attached hydrogens (tertiary/aromatic N) is 2. The van der Waals surface area contributed by atoms with Gasteiger partial charge < -0.3 is 0 Å². The first-order chi connectivity index (χ1) is 9.38. The zero-order valence-corrected chi connectivity index (χ0v) is 12.3. The van der Waals surface area contributed by atoms with Gasteiger partial charge in [-0.15, -0.1) is 0 Å². The SMILES string of the molecule is Cc1ccc(F)cc1CC(=O)Cc1c(C)nn(C)c1C. The molecule has 0 fully saturated rings. The standard InChI is InChI=1S/C16H19FN2O/c1-10-5-6-14(17)7-13(10)8-15(20)9-16-11(2)18-19(4)12(16)3/h5-7H,8-9H2,1-4H3. The lowest BCUT2D eigenvalue weighted by Crippen LogP contribution is -2.09. The lowest BCUT2D eigenvalue weighted by Gasteiger charge is -2.06. The summed E-state index contributed by atoms with van der Waals surface area (Å²) in [6.07, 6.45) is 0.610. The number of aryl methyl sites for hydroxylation is 3. The topological polar surface area (TPSA) is 34.9 Å². The van der Waals surface area contributed by atoms with Crippen LogP contribution in [0.15, 0.2) is 18.2 Å². The molecule has 1 aromatic heterocycles. The van der Waals surface area contributed by atoms with E-state index >= 15 is 0 Å². The second-order valence-electron chi connectivity index (χ2n) is 5.24. The largest absolute Gasteiger partial charge is 0.299 e. The van der Waals surface area contributed by atoms with E-state index in [9.17, 15) is 9.18 Å². The Morgan fingerprint density at radius 1 is 1.25 bits per heavy atom. The van der Waals surface area contributed by atoms with Crippen LogP contribution in [0.3, 0.4) is 0 Å². The summed E-state index contributed by atoms with van der Waals surface area (Å²) < 4.78 is 15.0. The Balaban J connectivity index is 2.15. The second-order valence-corrected chi connectivity index (χ2v) is 5.24. The molecule has 0 atom stereocenters. The van der Waals surface area contributed by atoms with E-state index in [1.165, 1.54) is 12.1 Å². The minimum Gasteiger partial charge on any atom is -0.299 e. The lowest BCUT2D eigenvalue weighted by molar-refractivity contribution is -0.117. The zero-order valence-electron chi connectivity index (χ0n) is 12.3. The molecule has 3 nitrogen and oxygen atoms in total. The molecule has 0 amide bonds. The van der Waals surface area contributed by atoms with Crippen LogP contribution in [-0.2, 0) is 24.7 Å². The summed E-state index contributed by atoms with van der Waals surface area (Å²) >= 11 is 0. The molecular weight excluding hydrogens is 255 g/mol. The van der Waals surface area contributed by atoms with Gasteiger partial charge in [0.2, 0.25) is 0 Å². The van der Waals surface area contributed by atoms with Crippen molar-refractivity contribution in [2.75, 3.05) is 0 Å². The number of aromatic nitrogens is 2. The van der Waals surface area contributed by atoms with Gasteiger partial charge in [0, 0.05) is 31.1 Å². The maximum Gasteiger partial charge on any atom is 0.141 e. The Morgan fingerprint density at radius 3 is 2.55 bits per heavy atom. The normalized spacial score (nSPS) is 10.8. The number of carbonyl (C=O) groups is 1. The first kappa shape index (κ1) is 14.4. The van der Waals surface area contributed by atoms with E-state index < -0.39 is 0 Å². The van der Waals surface area contributed by atoms with Crippen LogP contribution in [0.4, 0.5) is 4.39 Å². The molecule has 0 spiro atoms. The van der Waals surface area contributed by atoms with E-state index in [1.54, 1.807) is 10.7 Å². The maximum atomic E-state index is 13.2. The summed E-state index contributed by atoms with van der Waals surface area (Å²) in [6, 6.07) is 4.56. The van der Waals surface area contributed by atoms with Gasteiger partial charge >= 0.3 is 0 Å². The highest BCUT2D eigenvalue weighted by molar-refractivity contribution is 5.83. The fourth-order valence-corrected chi connectivity index (χ4v) is 2.38. The minimum atomic E-state index is -0.299. The van der Waals surface area contributed by atoms with Crippen LogP contribution in [-0.4, -0.2) is 15.6 Å². The molecule has 0 N–H and O–H groups in total. The molecule has 0 saturated heterocycles. The van der Waals surface area contributed by atoms with Gasteiger partial charge in [-0.1, -0.05) is 6.07 Å². The van der Waals surface area contributed by atoms with Crippen LogP contribution >= 0.6 is 0 Å². The summed E-state index contributed by atoms with van der Waals surface area (Å²) in [5.74, 6) is -0.218. The number of hydrogen-bond donors (Lipinski definition) is 0. The molecule has 4 heteroatoms. The van der Waals surface area contributed by atoms with Gasteiger partial charge in [-0.05, 0) is 44.0 Å². The van der Waals surface area contributed by atoms with Crippen molar-refractivity contribution in [2.45, 2.75) is 33.6 Å². The van der Waals surface area contributed by atoms with E-state index in [2.05, 4.69) is 5.10 Å². The van der Waals surface area contributed by atoms with Gasteiger partial charge in [0.1, 0.15) is 11.6 Å². The number of Topliss-reactive ketones (excluding diaryl/α,β-unsaturated/α-hetero) is 1. The van der Waals surface area contributed by atoms with E-state index in [4.69, 9.17) is 0 Å². The van der Waals surface area contributed by atoms with Crippen LogP contribution in [0.2, 0.25) is 0 Å². The first-order valence-corrected chi connectivity index (χ1v) is 6.64. The molecule has 1 aromatic carbocycles. The van der Waals surface area contributed by atoms with E-state index in [0.717, 1.165) is 28.1 Å². The summed E-state index contributed by atoms with van der Waals surface area (Å²) in [4.78, 5) is 12.2. The Labute approximate surface area is 118 Å². The molecule has 2 rings (SSSR count). The third-order valence-corrected chi connectivity index (χ3v) is 3.73. The van der Waals surface area contributed by atoms with Crippen molar-refractivity contribution < 1.29 is 9.18 Å². The van der Waals surface area contributed by atoms with Crippen molar-refractivity contribution in [3.05, 3.63) is 52.1 Å². The van der Waals surface area contributed by atoms with Crippen molar-refractivity contribution >= 4 is 5.78 Å². The van der Waals surface area contributed by atoms with Crippen molar-refractivity contribution in [2.24, 2.45) is 7.05 Å². The molecule has 20 heavy (non-hydrogen) atoms. The second kappa shape index (κ2) is 5.57. The molecule has 0 aliphatic rings. The fraction of sp³-hybridized carbons (Fsp3) is 0.375. The first-order valence-electron chi connectivity index (χ1n) is 6.64. The maximum absolute atomic E-state index is 13.2. The highest BCUT2D eigenvalue weighted by Crippen LogP contribution is 2.16. The number of benzene rings is 1. The summed E-state index contributed by atoms with van der Waals surface area (Å²) in [6.45, 7) is 5.75. The van der Waals surface area contributed by atoms with Crippen LogP contribution in [0.1, 0.15) is 28.1 Å². The number of hydrogen-bond acceptors (Lipinski definition) is 2. The molecule has 2 aromatic rings. The Morgan fingerprint density at radius 2 is 1.95 bits per heavy atom. The molecular formula is C16H19FN2O. The molecule has 1 heterocycles. The molecule has 0 saturated carbocycles. The third-order valence-electron chi connectivity index (χ3n) is 3.73. The van der Waals surface area contributed by atoms with Gasteiger partial charge in [-0.3, -0.25) is 9.48 Å². The third kappa shape index (κ3) is 2.95. The van der Waals surface area contributed by atoms with Gasteiger partial charge in [0.25, 0.3) is 0 Å². The Bertz CT molecular complexity index is 659. The van der Waals surface area contributed by atoms with Gasteiger partial charge in [-0.25, -0.2) is 4.39 Å². The van der Waals surface area contributed by atoms with E-state index in [0.29, 0.717) is 6.42 Å². The molecule has 0 aliphatic heterocycles. The highest BCUT2D eigenvalue weighted by atomic mass is 19.1. The van der Waals surface area contributed by atoms with E-state index in [1.807, 2.05) is 27.8 Å². The molecule has 0 unspecified atom stereocenters. The minimum absolute atomic E-state index is 0.0814. The van der Waals surface area contributed by atoms with Crippen LogP contribution in [0.5, 0.6) is 0 Å². The zero-order chi connectivity index (χ0) is 14.9. The fourth-order valence-electron chi connectivity index (χ4n) is 2.38. The smallest absolute Gasteiger partial charge is 0.141 e. The monoisotopic (exact) mass is 274 g/mol. The van der Waals surface area contributed by atoms with E-state index in [-0.39, 0.29) is 18.0 Å². The molecule has 0 aliphatic carbocycles. The number of rotatable bonds is 4. The van der Waals surface area contributed by atoms with Crippen molar-refractivity contribution in [1.29, 1.82) is 0 Å². The molecule has 0 bridgehead atoms. The predicted molar refractivity (Wildman–Crippen MR) is 76.2 cm³/mol. The number of ketones is 1. The van der Waals surface area contributed by atoms with Gasteiger partial charge in [0.15, 0.2) is 0 Å². The van der Waals surface area contributed by atoms with Crippen molar-refractivity contribution in [3.63, 3.8) is 0 Å².